The van der Waals surface area contributed by atoms with Crippen LogP contribution in [-0.4, -0.2) is 55.7 Å². The molecule has 2 heterocycles. The third-order valence-corrected chi connectivity index (χ3v) is 3.76. The van der Waals surface area contributed by atoms with Crippen LogP contribution in [0.2, 0.25) is 0 Å². The van der Waals surface area contributed by atoms with Crippen LogP contribution in [0, 0.1) is 5.82 Å². The molecule has 0 saturated carbocycles. The van der Waals surface area contributed by atoms with Gasteiger partial charge in [-0.05, 0) is 12.1 Å². The number of benzene rings is 1. The minimum atomic E-state index is -0.600. The van der Waals surface area contributed by atoms with Gasteiger partial charge >= 0.3 is 6.09 Å². The minimum Gasteiger partial charge on any atom is -0.447 e. The second-order valence-electron chi connectivity index (χ2n) is 5.06. The van der Waals surface area contributed by atoms with E-state index in [1.165, 1.54) is 6.07 Å². The van der Waals surface area contributed by atoms with Gasteiger partial charge in [-0.1, -0.05) is 12.1 Å². The van der Waals surface area contributed by atoms with Crippen molar-refractivity contribution in [1.82, 2.24) is 10.2 Å². The molecule has 6 nitrogen and oxygen atoms in total. The number of ether oxygens (including phenoxy) is 1. The van der Waals surface area contributed by atoms with Crippen molar-refractivity contribution < 1.29 is 18.7 Å². The minimum absolute atomic E-state index is 0.0746. The fourth-order valence-corrected chi connectivity index (χ4v) is 2.61. The van der Waals surface area contributed by atoms with Crippen LogP contribution in [0.1, 0.15) is 0 Å². The first-order valence-electron chi connectivity index (χ1n) is 6.87. The topological polar surface area (TPSA) is 61.9 Å². The number of carbonyl (C=O) groups excluding carboxylic acids is 2. The lowest BCUT2D eigenvalue weighted by Gasteiger charge is -2.36. The number of hydrogen-bond donors (Lipinski definition) is 1. The van der Waals surface area contributed by atoms with E-state index in [-0.39, 0.29) is 18.3 Å². The van der Waals surface area contributed by atoms with Crippen molar-refractivity contribution in [3.05, 3.63) is 30.1 Å². The summed E-state index contributed by atoms with van der Waals surface area (Å²) < 4.78 is 18.5. The summed E-state index contributed by atoms with van der Waals surface area (Å²) in [6.45, 7) is 2.20. The van der Waals surface area contributed by atoms with Crippen molar-refractivity contribution in [2.24, 2.45) is 0 Å². The Morgan fingerprint density at radius 2 is 1.95 bits per heavy atom. The number of alkyl carbamates (subject to hydrolysis) is 1. The Morgan fingerprint density at radius 1 is 1.24 bits per heavy atom. The Morgan fingerprint density at radius 3 is 2.57 bits per heavy atom. The maximum Gasteiger partial charge on any atom is 0.407 e. The Labute approximate surface area is 121 Å². The van der Waals surface area contributed by atoms with Gasteiger partial charge in [-0.2, -0.15) is 0 Å². The number of hydrogen-bond acceptors (Lipinski definition) is 4. The van der Waals surface area contributed by atoms with E-state index in [1.54, 1.807) is 23.1 Å². The standard InChI is InChI=1S/C14H16FN3O3/c15-10-3-1-2-4-12(10)17-5-7-18(8-6-17)13(19)11-9-21-14(20)16-11/h1-4,11H,5-9H2,(H,16,20). The lowest BCUT2D eigenvalue weighted by Crippen LogP contribution is -2.54. The van der Waals surface area contributed by atoms with Crippen LogP contribution in [0.4, 0.5) is 14.9 Å². The van der Waals surface area contributed by atoms with Crippen LogP contribution >= 0.6 is 0 Å². The molecule has 1 aromatic rings. The van der Waals surface area contributed by atoms with E-state index in [0.717, 1.165) is 0 Å². The number of anilines is 1. The summed E-state index contributed by atoms with van der Waals surface area (Å²) in [7, 11) is 0. The quantitative estimate of drug-likeness (QED) is 0.866. The SMILES string of the molecule is O=C1NC(C(=O)N2CCN(c3ccccc3F)CC2)CO1. The molecule has 0 bridgehead atoms. The van der Waals surface area contributed by atoms with Crippen LogP contribution < -0.4 is 10.2 Å². The highest BCUT2D eigenvalue weighted by molar-refractivity contribution is 5.88. The zero-order valence-electron chi connectivity index (χ0n) is 11.4. The summed E-state index contributed by atoms with van der Waals surface area (Å²) in [5.74, 6) is -0.400. The molecule has 2 fully saturated rings. The van der Waals surface area contributed by atoms with Gasteiger partial charge in [-0.3, -0.25) is 4.79 Å². The number of nitrogens with zero attached hydrogens (tertiary/aromatic N) is 2. The summed E-state index contributed by atoms with van der Waals surface area (Å²) in [6.07, 6.45) is -0.557. The molecule has 7 heteroatoms. The highest BCUT2D eigenvalue weighted by atomic mass is 19.1. The molecule has 0 spiro atoms. The van der Waals surface area contributed by atoms with E-state index in [1.807, 2.05) is 4.90 Å². The zero-order valence-corrected chi connectivity index (χ0v) is 11.4. The Kier molecular flexibility index (Phi) is 3.64. The number of amides is 2. The van der Waals surface area contributed by atoms with Gasteiger partial charge in [0.15, 0.2) is 0 Å². The largest absolute Gasteiger partial charge is 0.447 e. The molecule has 0 aliphatic carbocycles. The third-order valence-electron chi connectivity index (χ3n) is 3.76. The number of rotatable bonds is 2. The molecular formula is C14H16FN3O3. The predicted molar refractivity (Wildman–Crippen MR) is 73.5 cm³/mol. The van der Waals surface area contributed by atoms with E-state index in [9.17, 15) is 14.0 Å². The molecule has 112 valence electrons. The fourth-order valence-electron chi connectivity index (χ4n) is 2.61. The lowest BCUT2D eigenvalue weighted by molar-refractivity contribution is -0.133. The summed E-state index contributed by atoms with van der Waals surface area (Å²) >= 11 is 0. The number of para-hydroxylation sites is 1. The predicted octanol–water partition coefficient (Wildman–Crippen LogP) is 0.583. The van der Waals surface area contributed by atoms with E-state index in [4.69, 9.17) is 4.74 Å². The van der Waals surface area contributed by atoms with Crippen LogP contribution in [0.25, 0.3) is 0 Å². The molecule has 2 aliphatic rings. The molecule has 3 rings (SSSR count). The molecule has 1 atom stereocenters. The number of nitrogens with one attached hydrogen (secondary N) is 1. The second kappa shape index (κ2) is 5.59. The van der Waals surface area contributed by atoms with E-state index >= 15 is 0 Å². The summed E-state index contributed by atoms with van der Waals surface area (Å²) in [6, 6.07) is 6.01. The van der Waals surface area contributed by atoms with Gasteiger partial charge in [-0.15, -0.1) is 0 Å². The Balaban J connectivity index is 1.59. The van der Waals surface area contributed by atoms with Gasteiger partial charge in [-0.25, -0.2) is 9.18 Å². The first kappa shape index (κ1) is 13.7. The molecule has 0 aromatic heterocycles. The summed E-state index contributed by atoms with van der Waals surface area (Å²) in [5.41, 5.74) is 0.558. The van der Waals surface area contributed by atoms with Crippen molar-refractivity contribution in [2.75, 3.05) is 37.7 Å². The maximum atomic E-state index is 13.7. The second-order valence-corrected chi connectivity index (χ2v) is 5.06. The van der Waals surface area contributed by atoms with E-state index in [0.29, 0.717) is 31.9 Å². The lowest BCUT2D eigenvalue weighted by atomic mass is 10.2. The normalized spacial score (nSPS) is 22.0. The molecule has 2 aliphatic heterocycles. The molecule has 0 radical (unpaired) electrons. The van der Waals surface area contributed by atoms with Crippen LogP contribution in [0.3, 0.4) is 0 Å². The number of piperazine rings is 1. The van der Waals surface area contributed by atoms with Crippen molar-refractivity contribution in [3.8, 4) is 0 Å². The first-order valence-corrected chi connectivity index (χ1v) is 6.87. The molecule has 2 saturated heterocycles. The van der Waals surface area contributed by atoms with Gasteiger partial charge in [0.1, 0.15) is 18.5 Å². The Hall–Kier alpha value is -2.31. The van der Waals surface area contributed by atoms with Gasteiger partial charge in [0, 0.05) is 26.2 Å². The highest BCUT2D eigenvalue weighted by Crippen LogP contribution is 2.20. The average molecular weight is 293 g/mol. The molecule has 1 unspecified atom stereocenters. The highest BCUT2D eigenvalue weighted by Gasteiger charge is 2.33. The van der Waals surface area contributed by atoms with Gasteiger partial charge in [0.2, 0.25) is 5.91 Å². The van der Waals surface area contributed by atoms with Crippen molar-refractivity contribution in [3.63, 3.8) is 0 Å². The number of carbonyl (C=O) groups is 2. The molecule has 1 N–H and O–H groups in total. The van der Waals surface area contributed by atoms with Crippen LogP contribution in [0.5, 0.6) is 0 Å². The smallest absolute Gasteiger partial charge is 0.407 e. The van der Waals surface area contributed by atoms with Crippen molar-refractivity contribution in [1.29, 1.82) is 0 Å². The monoisotopic (exact) mass is 293 g/mol. The third kappa shape index (κ3) is 2.76. The van der Waals surface area contributed by atoms with Crippen molar-refractivity contribution >= 4 is 17.7 Å². The molecule has 2 amide bonds. The van der Waals surface area contributed by atoms with Gasteiger partial charge in [0.25, 0.3) is 0 Å². The van der Waals surface area contributed by atoms with Gasteiger partial charge in [0.05, 0.1) is 5.69 Å². The number of cyclic esters (lactones) is 1. The fraction of sp³-hybridized carbons (Fsp3) is 0.429. The zero-order chi connectivity index (χ0) is 14.8. The van der Waals surface area contributed by atoms with Crippen LogP contribution in [-0.2, 0) is 9.53 Å². The Bertz CT molecular complexity index is 558. The number of halogens is 1. The van der Waals surface area contributed by atoms with E-state index in [2.05, 4.69) is 5.32 Å². The van der Waals surface area contributed by atoms with Crippen LogP contribution in [0.15, 0.2) is 24.3 Å². The summed E-state index contributed by atoms with van der Waals surface area (Å²) in [5, 5.41) is 2.48. The van der Waals surface area contributed by atoms with E-state index < -0.39 is 12.1 Å². The summed E-state index contributed by atoms with van der Waals surface area (Å²) in [4.78, 5) is 26.8. The van der Waals surface area contributed by atoms with Crippen molar-refractivity contribution in [2.45, 2.75) is 6.04 Å². The maximum absolute atomic E-state index is 13.7. The molecule has 1 aromatic carbocycles. The molecular weight excluding hydrogens is 277 g/mol. The molecule has 21 heavy (non-hydrogen) atoms. The average Bonchev–Trinajstić information content (AvgIpc) is 2.94. The van der Waals surface area contributed by atoms with Gasteiger partial charge < -0.3 is 19.9 Å². The first-order chi connectivity index (χ1) is 10.1.